The molecule has 0 bridgehead atoms. The second-order valence-corrected chi connectivity index (χ2v) is 7.61. The van der Waals surface area contributed by atoms with Crippen LogP contribution < -0.4 is 10.6 Å². The number of hydrogen-bond donors (Lipinski definition) is 2. The Morgan fingerprint density at radius 2 is 1.64 bits per heavy atom. The standard InChI is InChI=1S/C22H21N3O2S/c1-16(22(27)25-20-9-5-6-14-23-20)28-19-12-10-18(11-13-19)24-21(26)15-17-7-3-2-4-8-17/h2-14,16H,15H2,1H3,(H,24,26)(H,23,25,27). The summed E-state index contributed by atoms with van der Waals surface area (Å²) in [7, 11) is 0. The Hall–Kier alpha value is -3.12. The Bertz CT molecular complexity index is 916. The fraction of sp³-hybridized carbons (Fsp3) is 0.136. The van der Waals surface area contributed by atoms with Gasteiger partial charge < -0.3 is 10.6 Å². The second kappa shape index (κ2) is 9.71. The van der Waals surface area contributed by atoms with Crippen molar-refractivity contribution in [1.29, 1.82) is 0 Å². The molecule has 2 aromatic carbocycles. The van der Waals surface area contributed by atoms with Crippen LogP contribution in [0.2, 0.25) is 0 Å². The van der Waals surface area contributed by atoms with Gasteiger partial charge in [0.1, 0.15) is 5.82 Å². The third kappa shape index (κ3) is 5.96. The first-order valence-corrected chi connectivity index (χ1v) is 9.80. The van der Waals surface area contributed by atoms with E-state index in [9.17, 15) is 9.59 Å². The van der Waals surface area contributed by atoms with Crippen molar-refractivity contribution in [2.75, 3.05) is 10.6 Å². The summed E-state index contributed by atoms with van der Waals surface area (Å²) >= 11 is 1.45. The zero-order valence-corrected chi connectivity index (χ0v) is 16.3. The maximum Gasteiger partial charge on any atom is 0.238 e. The fourth-order valence-electron chi connectivity index (χ4n) is 2.53. The highest BCUT2D eigenvalue weighted by atomic mass is 32.2. The van der Waals surface area contributed by atoms with Crippen LogP contribution in [0, 0.1) is 0 Å². The number of rotatable bonds is 7. The number of aromatic nitrogens is 1. The topological polar surface area (TPSA) is 71.1 Å². The summed E-state index contributed by atoms with van der Waals surface area (Å²) in [6.07, 6.45) is 1.97. The number of nitrogens with one attached hydrogen (secondary N) is 2. The van der Waals surface area contributed by atoms with Crippen molar-refractivity contribution >= 4 is 35.1 Å². The number of amides is 2. The van der Waals surface area contributed by atoms with E-state index in [1.165, 1.54) is 11.8 Å². The molecule has 0 saturated carbocycles. The van der Waals surface area contributed by atoms with Crippen molar-refractivity contribution in [3.63, 3.8) is 0 Å². The summed E-state index contributed by atoms with van der Waals surface area (Å²) in [6.45, 7) is 1.85. The molecule has 3 aromatic rings. The maximum absolute atomic E-state index is 12.3. The normalized spacial score (nSPS) is 11.5. The minimum absolute atomic E-state index is 0.0605. The number of nitrogens with zero attached hydrogens (tertiary/aromatic N) is 1. The summed E-state index contributed by atoms with van der Waals surface area (Å²) in [4.78, 5) is 29.5. The molecule has 2 N–H and O–H groups in total. The number of pyridine rings is 1. The molecule has 0 aliphatic rings. The molecule has 1 atom stereocenters. The van der Waals surface area contributed by atoms with Crippen LogP contribution in [0.3, 0.4) is 0 Å². The molecule has 5 nitrogen and oxygen atoms in total. The van der Waals surface area contributed by atoms with Gasteiger partial charge in [-0.1, -0.05) is 36.4 Å². The second-order valence-electron chi connectivity index (χ2n) is 6.20. The fourth-order valence-corrected chi connectivity index (χ4v) is 3.39. The van der Waals surface area contributed by atoms with Gasteiger partial charge >= 0.3 is 0 Å². The monoisotopic (exact) mass is 391 g/mol. The summed E-state index contributed by atoms with van der Waals surface area (Å²) in [5.41, 5.74) is 1.70. The molecule has 1 aromatic heterocycles. The van der Waals surface area contributed by atoms with Gasteiger partial charge in [-0.25, -0.2) is 4.98 Å². The van der Waals surface area contributed by atoms with Crippen LogP contribution in [0.1, 0.15) is 12.5 Å². The summed E-state index contributed by atoms with van der Waals surface area (Å²) in [5.74, 6) is 0.370. The molecule has 0 saturated heterocycles. The highest BCUT2D eigenvalue weighted by Crippen LogP contribution is 2.25. The van der Waals surface area contributed by atoms with Crippen LogP contribution in [0.15, 0.2) is 83.9 Å². The lowest BCUT2D eigenvalue weighted by molar-refractivity contribution is -0.116. The maximum atomic E-state index is 12.3. The first kappa shape index (κ1) is 19.6. The molecular formula is C22H21N3O2S. The van der Waals surface area contributed by atoms with E-state index in [4.69, 9.17) is 0 Å². The number of thioether (sulfide) groups is 1. The average molecular weight is 391 g/mol. The number of anilines is 2. The number of carbonyl (C=O) groups excluding carboxylic acids is 2. The van der Waals surface area contributed by atoms with Crippen LogP contribution in [0.25, 0.3) is 0 Å². The SMILES string of the molecule is CC(Sc1ccc(NC(=O)Cc2ccccc2)cc1)C(=O)Nc1ccccn1. The van der Waals surface area contributed by atoms with E-state index < -0.39 is 0 Å². The Morgan fingerprint density at radius 3 is 2.32 bits per heavy atom. The van der Waals surface area contributed by atoms with E-state index in [1.54, 1.807) is 18.3 Å². The predicted molar refractivity (Wildman–Crippen MR) is 113 cm³/mol. The molecule has 2 amide bonds. The summed E-state index contributed by atoms with van der Waals surface area (Å²) in [6, 6.07) is 22.5. The van der Waals surface area contributed by atoms with Gasteiger partial charge in [0.05, 0.1) is 11.7 Å². The molecule has 142 valence electrons. The number of hydrogen-bond acceptors (Lipinski definition) is 4. The highest BCUT2D eigenvalue weighted by molar-refractivity contribution is 8.00. The van der Waals surface area contributed by atoms with E-state index in [0.717, 1.165) is 16.1 Å². The van der Waals surface area contributed by atoms with Crippen molar-refractivity contribution < 1.29 is 9.59 Å². The molecule has 0 fully saturated rings. The Morgan fingerprint density at radius 1 is 0.929 bits per heavy atom. The number of benzene rings is 2. The average Bonchev–Trinajstić information content (AvgIpc) is 2.71. The van der Waals surface area contributed by atoms with Crippen LogP contribution in [0.5, 0.6) is 0 Å². The molecule has 1 unspecified atom stereocenters. The number of carbonyl (C=O) groups is 2. The van der Waals surface area contributed by atoms with Gasteiger partial charge in [-0.3, -0.25) is 9.59 Å². The molecular weight excluding hydrogens is 370 g/mol. The van der Waals surface area contributed by atoms with E-state index in [-0.39, 0.29) is 17.1 Å². The van der Waals surface area contributed by atoms with Crippen molar-refractivity contribution in [3.05, 3.63) is 84.6 Å². The van der Waals surface area contributed by atoms with Crippen LogP contribution in [-0.2, 0) is 16.0 Å². The quantitative estimate of drug-likeness (QED) is 0.586. The molecule has 3 rings (SSSR count). The predicted octanol–water partition coefficient (Wildman–Crippen LogP) is 4.38. The molecule has 0 aliphatic carbocycles. The van der Waals surface area contributed by atoms with Crippen molar-refractivity contribution in [1.82, 2.24) is 4.98 Å². The van der Waals surface area contributed by atoms with Crippen molar-refractivity contribution in [3.8, 4) is 0 Å². The minimum atomic E-state index is -0.277. The molecule has 6 heteroatoms. The zero-order chi connectivity index (χ0) is 19.8. The molecule has 0 aliphatic heterocycles. The third-order valence-electron chi connectivity index (χ3n) is 3.94. The van der Waals surface area contributed by atoms with Gasteiger partial charge in [0.2, 0.25) is 11.8 Å². The van der Waals surface area contributed by atoms with Gasteiger partial charge in [-0.2, -0.15) is 0 Å². The first-order chi connectivity index (χ1) is 13.6. The third-order valence-corrected chi connectivity index (χ3v) is 5.06. The van der Waals surface area contributed by atoms with Crippen LogP contribution in [-0.4, -0.2) is 22.0 Å². The lowest BCUT2D eigenvalue weighted by Gasteiger charge is -2.12. The van der Waals surface area contributed by atoms with Crippen molar-refractivity contribution in [2.45, 2.75) is 23.5 Å². The van der Waals surface area contributed by atoms with Gasteiger partial charge in [0.15, 0.2) is 0 Å². The lowest BCUT2D eigenvalue weighted by atomic mass is 10.1. The van der Waals surface area contributed by atoms with Gasteiger partial charge in [-0.05, 0) is 48.9 Å². The van der Waals surface area contributed by atoms with Gasteiger partial charge in [0.25, 0.3) is 0 Å². The van der Waals surface area contributed by atoms with Crippen LogP contribution >= 0.6 is 11.8 Å². The van der Waals surface area contributed by atoms with Gasteiger partial charge in [-0.15, -0.1) is 11.8 Å². The van der Waals surface area contributed by atoms with E-state index >= 15 is 0 Å². The Kier molecular flexibility index (Phi) is 6.81. The minimum Gasteiger partial charge on any atom is -0.326 e. The molecule has 28 heavy (non-hydrogen) atoms. The Labute approximate surface area is 168 Å². The van der Waals surface area contributed by atoms with Crippen molar-refractivity contribution in [2.24, 2.45) is 0 Å². The van der Waals surface area contributed by atoms with E-state index in [0.29, 0.717) is 12.2 Å². The first-order valence-electron chi connectivity index (χ1n) is 8.92. The summed E-state index contributed by atoms with van der Waals surface area (Å²) < 4.78 is 0. The lowest BCUT2D eigenvalue weighted by Crippen LogP contribution is -2.22. The van der Waals surface area contributed by atoms with E-state index in [2.05, 4.69) is 15.6 Å². The zero-order valence-electron chi connectivity index (χ0n) is 15.5. The van der Waals surface area contributed by atoms with Gasteiger partial charge in [0, 0.05) is 16.8 Å². The molecule has 0 radical (unpaired) electrons. The smallest absolute Gasteiger partial charge is 0.238 e. The molecule has 0 spiro atoms. The highest BCUT2D eigenvalue weighted by Gasteiger charge is 2.15. The van der Waals surface area contributed by atoms with E-state index in [1.807, 2.05) is 67.6 Å². The Balaban J connectivity index is 1.51. The summed E-state index contributed by atoms with van der Waals surface area (Å²) in [5, 5.41) is 5.41. The largest absolute Gasteiger partial charge is 0.326 e. The molecule has 1 heterocycles. The van der Waals surface area contributed by atoms with Crippen LogP contribution in [0.4, 0.5) is 11.5 Å².